The third kappa shape index (κ3) is 5.96. The lowest BCUT2D eigenvalue weighted by molar-refractivity contribution is 0.188. The SMILES string of the molecule is CC(C)CCN(CCC(C)C)C(C)c1cccc(O)c1. The van der Waals surface area contributed by atoms with Gasteiger partial charge in [0, 0.05) is 6.04 Å². The first-order valence-electron chi connectivity index (χ1n) is 7.93. The van der Waals surface area contributed by atoms with Gasteiger partial charge >= 0.3 is 0 Å². The summed E-state index contributed by atoms with van der Waals surface area (Å²) in [4.78, 5) is 2.55. The van der Waals surface area contributed by atoms with Gasteiger partial charge in [0.15, 0.2) is 0 Å². The summed E-state index contributed by atoms with van der Waals surface area (Å²) in [6, 6.07) is 8.04. The predicted octanol–water partition coefficient (Wildman–Crippen LogP) is 4.85. The zero-order chi connectivity index (χ0) is 15.1. The molecule has 0 fully saturated rings. The van der Waals surface area contributed by atoms with Crippen molar-refractivity contribution in [3.8, 4) is 5.75 Å². The summed E-state index contributed by atoms with van der Waals surface area (Å²) in [7, 11) is 0. The Kier molecular flexibility index (Phi) is 7.08. The number of phenols is 1. The Hall–Kier alpha value is -1.02. The van der Waals surface area contributed by atoms with Crippen LogP contribution in [0.1, 0.15) is 59.1 Å². The van der Waals surface area contributed by atoms with E-state index in [1.807, 2.05) is 12.1 Å². The molecule has 1 N–H and O–H groups in total. The molecule has 0 aromatic heterocycles. The molecule has 1 aromatic rings. The summed E-state index contributed by atoms with van der Waals surface area (Å²) in [5, 5.41) is 9.66. The average Bonchev–Trinajstić information content (AvgIpc) is 2.37. The molecule has 0 aliphatic carbocycles. The zero-order valence-corrected chi connectivity index (χ0v) is 13.8. The van der Waals surface area contributed by atoms with Gasteiger partial charge in [-0.15, -0.1) is 0 Å². The largest absolute Gasteiger partial charge is 0.508 e. The summed E-state index contributed by atoms with van der Waals surface area (Å²) in [5.41, 5.74) is 1.21. The number of rotatable bonds is 8. The Morgan fingerprint density at radius 1 is 0.950 bits per heavy atom. The van der Waals surface area contributed by atoms with E-state index in [0.717, 1.165) is 24.9 Å². The minimum absolute atomic E-state index is 0.361. The molecule has 0 aliphatic rings. The lowest BCUT2D eigenvalue weighted by Crippen LogP contribution is -2.30. The van der Waals surface area contributed by atoms with E-state index in [0.29, 0.717) is 11.8 Å². The molecule has 1 atom stereocenters. The fraction of sp³-hybridized carbons (Fsp3) is 0.667. The highest BCUT2D eigenvalue weighted by Crippen LogP contribution is 2.24. The Bertz CT molecular complexity index is 375. The van der Waals surface area contributed by atoms with Crippen LogP contribution >= 0.6 is 0 Å². The summed E-state index contributed by atoms with van der Waals surface area (Å²) in [6.07, 6.45) is 2.45. The van der Waals surface area contributed by atoms with Gasteiger partial charge in [0.05, 0.1) is 0 Å². The molecule has 0 aliphatic heterocycles. The number of benzene rings is 1. The second-order valence-corrected chi connectivity index (χ2v) is 6.67. The van der Waals surface area contributed by atoms with Gasteiger partial charge in [-0.2, -0.15) is 0 Å². The molecule has 1 aromatic carbocycles. The van der Waals surface area contributed by atoms with Gasteiger partial charge in [0.1, 0.15) is 5.75 Å². The van der Waals surface area contributed by atoms with Gasteiger partial charge in [0.25, 0.3) is 0 Å². The number of hydrogen-bond donors (Lipinski definition) is 1. The first kappa shape index (κ1) is 17.0. The van der Waals surface area contributed by atoms with E-state index in [4.69, 9.17) is 0 Å². The normalized spacial score (nSPS) is 13.4. The van der Waals surface area contributed by atoms with E-state index in [9.17, 15) is 5.11 Å². The molecule has 0 amide bonds. The lowest BCUT2D eigenvalue weighted by atomic mass is 10.0. The molecule has 2 nitrogen and oxygen atoms in total. The van der Waals surface area contributed by atoms with Crippen LogP contribution in [0.5, 0.6) is 5.75 Å². The van der Waals surface area contributed by atoms with Crippen LogP contribution in [-0.4, -0.2) is 23.1 Å². The van der Waals surface area contributed by atoms with Crippen LogP contribution in [0, 0.1) is 11.8 Å². The topological polar surface area (TPSA) is 23.5 Å². The summed E-state index contributed by atoms with van der Waals surface area (Å²) in [5.74, 6) is 1.82. The van der Waals surface area contributed by atoms with Gasteiger partial charge in [-0.25, -0.2) is 0 Å². The fourth-order valence-electron chi connectivity index (χ4n) is 2.34. The maximum atomic E-state index is 9.66. The fourth-order valence-corrected chi connectivity index (χ4v) is 2.34. The quantitative estimate of drug-likeness (QED) is 0.734. The Morgan fingerprint density at radius 2 is 1.50 bits per heavy atom. The zero-order valence-electron chi connectivity index (χ0n) is 13.8. The van der Waals surface area contributed by atoms with E-state index < -0.39 is 0 Å². The second-order valence-electron chi connectivity index (χ2n) is 6.67. The van der Waals surface area contributed by atoms with Gasteiger partial charge in [0.2, 0.25) is 0 Å². The lowest BCUT2D eigenvalue weighted by Gasteiger charge is -2.31. The van der Waals surface area contributed by atoms with Crippen molar-refractivity contribution in [2.45, 2.75) is 53.5 Å². The molecule has 0 saturated heterocycles. The first-order chi connectivity index (χ1) is 9.40. The van der Waals surface area contributed by atoms with Crippen LogP contribution in [0.4, 0.5) is 0 Å². The molecular weight excluding hydrogens is 246 g/mol. The number of nitrogens with zero attached hydrogens (tertiary/aromatic N) is 1. The molecule has 0 heterocycles. The second kappa shape index (κ2) is 8.31. The van der Waals surface area contributed by atoms with Crippen LogP contribution in [0.2, 0.25) is 0 Å². The van der Waals surface area contributed by atoms with Crippen molar-refractivity contribution in [2.24, 2.45) is 11.8 Å². The summed E-state index contributed by atoms with van der Waals surface area (Å²) in [6.45, 7) is 13.6. The minimum Gasteiger partial charge on any atom is -0.508 e. The standard InChI is InChI=1S/C18H31NO/c1-14(2)9-11-19(12-10-15(3)4)16(5)17-7-6-8-18(20)13-17/h6-8,13-16,20H,9-12H2,1-5H3. The van der Waals surface area contributed by atoms with E-state index in [1.165, 1.54) is 18.4 Å². The average molecular weight is 277 g/mol. The first-order valence-corrected chi connectivity index (χ1v) is 7.93. The van der Waals surface area contributed by atoms with Gasteiger partial charge in [-0.3, -0.25) is 4.90 Å². The van der Waals surface area contributed by atoms with E-state index in [-0.39, 0.29) is 0 Å². The molecule has 114 valence electrons. The Balaban J connectivity index is 2.73. The number of phenolic OH excluding ortho intramolecular Hbond substituents is 1. The molecule has 1 unspecified atom stereocenters. The molecule has 20 heavy (non-hydrogen) atoms. The van der Waals surface area contributed by atoms with Crippen LogP contribution in [-0.2, 0) is 0 Å². The third-order valence-corrected chi connectivity index (χ3v) is 3.89. The van der Waals surface area contributed by atoms with Gasteiger partial charge < -0.3 is 5.11 Å². The highest BCUT2D eigenvalue weighted by molar-refractivity contribution is 5.29. The smallest absolute Gasteiger partial charge is 0.115 e. The van der Waals surface area contributed by atoms with Gasteiger partial charge in [-0.1, -0.05) is 39.8 Å². The molecular formula is C18H31NO. The maximum absolute atomic E-state index is 9.66. The third-order valence-electron chi connectivity index (χ3n) is 3.89. The van der Waals surface area contributed by atoms with Crippen molar-refractivity contribution in [1.82, 2.24) is 4.90 Å². The van der Waals surface area contributed by atoms with Crippen LogP contribution in [0.15, 0.2) is 24.3 Å². The molecule has 0 radical (unpaired) electrons. The maximum Gasteiger partial charge on any atom is 0.115 e. The van der Waals surface area contributed by atoms with Gasteiger partial charge in [-0.05, 0) is 62.4 Å². The van der Waals surface area contributed by atoms with Crippen LogP contribution in [0.3, 0.4) is 0 Å². The van der Waals surface area contributed by atoms with Crippen molar-refractivity contribution < 1.29 is 5.11 Å². The number of aromatic hydroxyl groups is 1. The van der Waals surface area contributed by atoms with Crippen LogP contribution < -0.4 is 0 Å². The van der Waals surface area contributed by atoms with E-state index >= 15 is 0 Å². The molecule has 1 rings (SSSR count). The van der Waals surface area contributed by atoms with E-state index in [1.54, 1.807) is 6.07 Å². The summed E-state index contributed by atoms with van der Waals surface area (Å²) < 4.78 is 0. The molecule has 0 bridgehead atoms. The minimum atomic E-state index is 0.361. The highest BCUT2D eigenvalue weighted by atomic mass is 16.3. The van der Waals surface area contributed by atoms with Crippen molar-refractivity contribution in [3.63, 3.8) is 0 Å². The van der Waals surface area contributed by atoms with Crippen molar-refractivity contribution in [2.75, 3.05) is 13.1 Å². The van der Waals surface area contributed by atoms with Crippen LogP contribution in [0.25, 0.3) is 0 Å². The van der Waals surface area contributed by atoms with Crippen molar-refractivity contribution in [3.05, 3.63) is 29.8 Å². The van der Waals surface area contributed by atoms with E-state index in [2.05, 4.69) is 45.6 Å². The molecule has 2 heteroatoms. The number of hydrogen-bond acceptors (Lipinski definition) is 2. The Morgan fingerprint density at radius 3 is 1.95 bits per heavy atom. The summed E-state index contributed by atoms with van der Waals surface area (Å²) >= 11 is 0. The predicted molar refractivity (Wildman–Crippen MR) is 87.0 cm³/mol. The monoisotopic (exact) mass is 277 g/mol. The molecule has 0 spiro atoms. The Labute approximate surface area is 124 Å². The van der Waals surface area contributed by atoms with Crippen molar-refractivity contribution >= 4 is 0 Å². The highest BCUT2D eigenvalue weighted by Gasteiger charge is 2.16. The van der Waals surface area contributed by atoms with Crippen molar-refractivity contribution in [1.29, 1.82) is 0 Å². The molecule has 0 saturated carbocycles.